The Morgan fingerprint density at radius 1 is 1.07 bits per heavy atom. The minimum atomic E-state index is 0.273. The first-order chi connectivity index (χ1) is 6.61. The quantitative estimate of drug-likeness (QED) is 0.656. The zero-order valence-electron chi connectivity index (χ0n) is 9.20. The fourth-order valence-electron chi connectivity index (χ4n) is 1.76. The molecule has 0 saturated carbocycles. The molecule has 0 saturated heterocycles. The fraction of sp³-hybridized carbons (Fsp3) is 0.538. The number of hydrogen-bond acceptors (Lipinski definition) is 0. The van der Waals surface area contributed by atoms with Gasteiger partial charge in [0.15, 0.2) is 0 Å². The molecule has 1 aromatic rings. The van der Waals surface area contributed by atoms with Crippen LogP contribution in [-0.2, 0) is 6.42 Å². The molecule has 0 aliphatic carbocycles. The average Bonchev–Trinajstić information content (AvgIpc) is 2.18. The molecule has 0 bridgehead atoms. The van der Waals surface area contributed by atoms with Crippen molar-refractivity contribution in [3.63, 3.8) is 0 Å². The second kappa shape index (κ2) is 5.41. The van der Waals surface area contributed by atoms with E-state index in [1.807, 2.05) is 0 Å². The van der Waals surface area contributed by atoms with E-state index >= 15 is 0 Å². The number of halogens is 1. The zero-order chi connectivity index (χ0) is 10.6. The molecule has 0 fully saturated rings. The van der Waals surface area contributed by atoms with Crippen LogP contribution >= 0.6 is 11.6 Å². The van der Waals surface area contributed by atoms with Crippen molar-refractivity contribution in [1.82, 2.24) is 0 Å². The molecule has 0 amide bonds. The molecule has 0 aliphatic rings. The van der Waals surface area contributed by atoms with E-state index in [1.54, 1.807) is 0 Å². The smallest absolute Gasteiger partial charge is 0.0387 e. The third kappa shape index (κ3) is 3.34. The van der Waals surface area contributed by atoms with Gasteiger partial charge in [0.2, 0.25) is 0 Å². The van der Waals surface area contributed by atoms with E-state index in [0.717, 1.165) is 6.42 Å². The Morgan fingerprint density at radius 2 is 1.64 bits per heavy atom. The van der Waals surface area contributed by atoms with Crippen LogP contribution in [0.5, 0.6) is 0 Å². The van der Waals surface area contributed by atoms with E-state index in [4.69, 9.17) is 11.6 Å². The van der Waals surface area contributed by atoms with E-state index in [0.29, 0.717) is 11.8 Å². The van der Waals surface area contributed by atoms with Crippen LogP contribution in [0.3, 0.4) is 0 Å². The second-order valence-corrected chi connectivity index (χ2v) is 4.86. The van der Waals surface area contributed by atoms with Crippen LogP contribution in [0.4, 0.5) is 0 Å². The Balaban J connectivity index is 2.53. The molecule has 78 valence electrons. The first-order valence-electron chi connectivity index (χ1n) is 5.29. The largest absolute Gasteiger partial charge is 0.122 e. The van der Waals surface area contributed by atoms with Crippen molar-refractivity contribution in [2.45, 2.75) is 32.6 Å². The zero-order valence-corrected chi connectivity index (χ0v) is 9.96. The average molecular weight is 211 g/mol. The van der Waals surface area contributed by atoms with Gasteiger partial charge in [-0.25, -0.2) is 0 Å². The van der Waals surface area contributed by atoms with E-state index in [9.17, 15) is 0 Å². The first kappa shape index (κ1) is 11.6. The maximum atomic E-state index is 6.32. The maximum Gasteiger partial charge on any atom is 0.0387 e. The van der Waals surface area contributed by atoms with Crippen LogP contribution in [0.25, 0.3) is 0 Å². The van der Waals surface area contributed by atoms with Crippen molar-refractivity contribution in [3.8, 4) is 0 Å². The van der Waals surface area contributed by atoms with Crippen molar-refractivity contribution in [2.24, 2.45) is 11.8 Å². The van der Waals surface area contributed by atoms with Crippen molar-refractivity contribution in [2.75, 3.05) is 0 Å². The third-order valence-corrected chi connectivity index (χ3v) is 3.52. The number of hydrogen-bond donors (Lipinski definition) is 0. The monoisotopic (exact) mass is 210 g/mol. The molecule has 1 rings (SSSR count). The molecular weight excluding hydrogens is 192 g/mol. The summed E-state index contributed by atoms with van der Waals surface area (Å²) >= 11 is 6.32. The predicted molar refractivity (Wildman–Crippen MR) is 63.8 cm³/mol. The lowest BCUT2D eigenvalue weighted by molar-refractivity contribution is 0.447. The van der Waals surface area contributed by atoms with Gasteiger partial charge in [0, 0.05) is 5.38 Å². The SMILES string of the molecule is CC(C)C(Cl)C(C)Cc1ccccc1. The van der Waals surface area contributed by atoms with Crippen molar-refractivity contribution >= 4 is 11.6 Å². The molecule has 0 N–H and O–H groups in total. The topological polar surface area (TPSA) is 0 Å². The molecule has 0 nitrogen and oxygen atoms in total. The van der Waals surface area contributed by atoms with Crippen LogP contribution < -0.4 is 0 Å². The van der Waals surface area contributed by atoms with Crippen LogP contribution in [0, 0.1) is 11.8 Å². The van der Waals surface area contributed by atoms with Crippen LogP contribution in [0.1, 0.15) is 26.3 Å². The van der Waals surface area contributed by atoms with E-state index in [2.05, 4.69) is 51.1 Å². The molecule has 1 heteroatoms. The Bertz CT molecular complexity index is 253. The summed E-state index contributed by atoms with van der Waals surface area (Å²) in [5.74, 6) is 1.09. The third-order valence-electron chi connectivity index (χ3n) is 2.58. The second-order valence-electron chi connectivity index (χ2n) is 4.36. The highest BCUT2D eigenvalue weighted by molar-refractivity contribution is 6.20. The Morgan fingerprint density at radius 3 is 2.14 bits per heavy atom. The summed E-state index contributed by atoms with van der Waals surface area (Å²) in [5, 5.41) is 0.273. The van der Waals surface area contributed by atoms with E-state index in [1.165, 1.54) is 5.56 Å². The van der Waals surface area contributed by atoms with Gasteiger partial charge in [-0.2, -0.15) is 0 Å². The lowest BCUT2D eigenvalue weighted by Crippen LogP contribution is -2.19. The molecular formula is C13H19Cl. The molecule has 0 heterocycles. The highest BCUT2D eigenvalue weighted by Gasteiger charge is 2.17. The summed E-state index contributed by atoms with van der Waals surface area (Å²) < 4.78 is 0. The first-order valence-corrected chi connectivity index (χ1v) is 5.73. The van der Waals surface area contributed by atoms with Crippen LogP contribution in [-0.4, -0.2) is 5.38 Å². The summed E-state index contributed by atoms with van der Waals surface area (Å²) in [7, 11) is 0. The van der Waals surface area contributed by atoms with Gasteiger partial charge in [0.25, 0.3) is 0 Å². The lowest BCUT2D eigenvalue weighted by atomic mass is 9.92. The molecule has 0 spiro atoms. The molecule has 1 aromatic carbocycles. The van der Waals surface area contributed by atoms with Crippen molar-refractivity contribution in [3.05, 3.63) is 35.9 Å². The molecule has 14 heavy (non-hydrogen) atoms. The molecule has 0 aromatic heterocycles. The molecule has 0 aliphatic heterocycles. The number of benzene rings is 1. The Kier molecular flexibility index (Phi) is 4.47. The maximum absolute atomic E-state index is 6.32. The predicted octanol–water partition coefficient (Wildman–Crippen LogP) is 4.13. The van der Waals surface area contributed by atoms with Gasteiger partial charge in [-0.1, -0.05) is 51.1 Å². The summed E-state index contributed by atoms with van der Waals surface area (Å²) in [6.07, 6.45) is 1.08. The van der Waals surface area contributed by atoms with Gasteiger partial charge in [-0.05, 0) is 23.8 Å². The summed E-state index contributed by atoms with van der Waals surface area (Å²) in [6, 6.07) is 10.6. The summed E-state index contributed by atoms with van der Waals surface area (Å²) in [5.41, 5.74) is 1.38. The highest BCUT2D eigenvalue weighted by Crippen LogP contribution is 2.22. The fourth-order valence-corrected chi connectivity index (χ4v) is 1.84. The Hall–Kier alpha value is -0.490. The minimum absolute atomic E-state index is 0.273. The van der Waals surface area contributed by atoms with Crippen molar-refractivity contribution in [1.29, 1.82) is 0 Å². The lowest BCUT2D eigenvalue weighted by Gasteiger charge is -2.21. The van der Waals surface area contributed by atoms with E-state index in [-0.39, 0.29) is 5.38 Å². The van der Waals surface area contributed by atoms with Crippen molar-refractivity contribution < 1.29 is 0 Å². The standard InChI is InChI=1S/C13H19Cl/c1-10(2)13(14)11(3)9-12-7-5-4-6-8-12/h4-8,10-11,13H,9H2,1-3H3. The molecule has 0 radical (unpaired) electrons. The van der Waals surface area contributed by atoms with Gasteiger partial charge in [0.1, 0.15) is 0 Å². The highest BCUT2D eigenvalue weighted by atomic mass is 35.5. The number of alkyl halides is 1. The van der Waals surface area contributed by atoms with Gasteiger partial charge < -0.3 is 0 Å². The van der Waals surface area contributed by atoms with E-state index < -0.39 is 0 Å². The minimum Gasteiger partial charge on any atom is -0.122 e. The summed E-state index contributed by atoms with van der Waals surface area (Å²) in [4.78, 5) is 0. The molecule has 2 unspecified atom stereocenters. The van der Waals surface area contributed by atoms with Gasteiger partial charge in [0.05, 0.1) is 0 Å². The molecule has 2 atom stereocenters. The van der Waals surface area contributed by atoms with Gasteiger partial charge in [-0.15, -0.1) is 11.6 Å². The van der Waals surface area contributed by atoms with Crippen LogP contribution in [0.15, 0.2) is 30.3 Å². The summed E-state index contributed by atoms with van der Waals surface area (Å²) in [6.45, 7) is 6.59. The number of rotatable bonds is 4. The van der Waals surface area contributed by atoms with Gasteiger partial charge >= 0.3 is 0 Å². The normalized spacial score (nSPS) is 15.5. The van der Waals surface area contributed by atoms with Crippen LogP contribution in [0.2, 0.25) is 0 Å². The van der Waals surface area contributed by atoms with Gasteiger partial charge in [-0.3, -0.25) is 0 Å². The Labute approximate surface area is 92.3 Å².